The highest BCUT2D eigenvalue weighted by atomic mass is 79.9. The molecule has 0 fully saturated rings. The summed E-state index contributed by atoms with van der Waals surface area (Å²) in [7, 11) is -0.960. The van der Waals surface area contributed by atoms with Gasteiger partial charge in [0.05, 0.1) is 15.7 Å². The van der Waals surface area contributed by atoms with Gasteiger partial charge in [0.15, 0.2) is 0 Å². The fourth-order valence-corrected chi connectivity index (χ4v) is 4.22. The van der Waals surface area contributed by atoms with Gasteiger partial charge in [0.1, 0.15) is 0 Å². The molecule has 4 heteroatoms. The van der Waals surface area contributed by atoms with Gasteiger partial charge < -0.3 is 5.32 Å². The van der Waals surface area contributed by atoms with Crippen molar-refractivity contribution in [3.8, 4) is 0 Å². The number of hydrogen-bond acceptors (Lipinski definition) is 2. The van der Waals surface area contributed by atoms with Crippen molar-refractivity contribution in [3.63, 3.8) is 0 Å². The highest BCUT2D eigenvalue weighted by Gasteiger charge is 2.19. The van der Waals surface area contributed by atoms with Crippen LogP contribution in [0.4, 0.5) is 0 Å². The molecule has 3 atom stereocenters. The van der Waals surface area contributed by atoms with Crippen molar-refractivity contribution in [2.45, 2.75) is 44.6 Å². The maximum atomic E-state index is 12.5. The molecule has 0 aliphatic carbocycles. The van der Waals surface area contributed by atoms with Gasteiger partial charge in [0.25, 0.3) is 0 Å². The normalized spacial score (nSPS) is 16.0. The Bertz CT molecular complexity index is 411. The molecule has 0 spiro atoms. The van der Waals surface area contributed by atoms with Gasteiger partial charge in [-0.15, -0.1) is 0 Å². The van der Waals surface area contributed by atoms with E-state index >= 15 is 0 Å². The molecule has 1 aromatic rings. The number of halogens is 1. The Morgan fingerprint density at radius 3 is 2.58 bits per heavy atom. The Labute approximate surface area is 128 Å². The molecule has 0 aliphatic heterocycles. The van der Waals surface area contributed by atoms with Crippen LogP contribution in [0, 0.1) is 5.92 Å². The van der Waals surface area contributed by atoms with Gasteiger partial charge in [-0.05, 0) is 46.9 Å². The minimum atomic E-state index is -0.960. The molecule has 1 N–H and O–H groups in total. The maximum Gasteiger partial charge on any atom is 0.0556 e. The third-order valence-electron chi connectivity index (χ3n) is 3.40. The van der Waals surface area contributed by atoms with Crippen LogP contribution in [0.3, 0.4) is 0 Å². The van der Waals surface area contributed by atoms with E-state index in [1.807, 2.05) is 24.3 Å². The highest BCUT2D eigenvalue weighted by molar-refractivity contribution is 9.10. The second-order valence-corrected chi connectivity index (χ2v) is 7.21. The zero-order valence-electron chi connectivity index (χ0n) is 12.0. The molecule has 0 bridgehead atoms. The summed E-state index contributed by atoms with van der Waals surface area (Å²) in [5.74, 6) is 1.22. The second-order valence-electron chi connectivity index (χ2n) is 4.89. The Kier molecular flexibility index (Phi) is 7.88. The van der Waals surface area contributed by atoms with Crippen molar-refractivity contribution in [2.24, 2.45) is 5.92 Å². The van der Waals surface area contributed by atoms with Crippen LogP contribution in [0.2, 0.25) is 0 Å². The minimum absolute atomic E-state index is 0.317. The van der Waals surface area contributed by atoms with Gasteiger partial charge in [0.2, 0.25) is 0 Å². The predicted octanol–water partition coefficient (Wildman–Crippen LogP) is 3.97. The zero-order valence-corrected chi connectivity index (χ0v) is 14.4. The van der Waals surface area contributed by atoms with Crippen molar-refractivity contribution in [3.05, 3.63) is 28.7 Å². The van der Waals surface area contributed by atoms with E-state index in [1.54, 1.807) is 0 Å². The molecule has 0 radical (unpaired) electrons. The topological polar surface area (TPSA) is 29.1 Å². The van der Waals surface area contributed by atoms with E-state index < -0.39 is 10.8 Å². The number of rotatable bonds is 8. The molecule has 0 aromatic heterocycles. The lowest BCUT2D eigenvalue weighted by Crippen LogP contribution is -2.39. The second kappa shape index (κ2) is 8.88. The molecule has 108 valence electrons. The van der Waals surface area contributed by atoms with Crippen LogP contribution in [0.25, 0.3) is 0 Å². The first-order valence-electron chi connectivity index (χ1n) is 6.96. The maximum absolute atomic E-state index is 12.5. The Morgan fingerprint density at radius 1 is 1.32 bits per heavy atom. The van der Waals surface area contributed by atoms with Crippen molar-refractivity contribution >= 4 is 26.7 Å². The summed E-state index contributed by atoms with van der Waals surface area (Å²) in [6, 6.07) is 8.10. The van der Waals surface area contributed by atoms with Gasteiger partial charge >= 0.3 is 0 Å². The van der Waals surface area contributed by atoms with Gasteiger partial charge in [-0.3, -0.25) is 4.21 Å². The Morgan fingerprint density at radius 2 is 2.00 bits per heavy atom. The van der Waals surface area contributed by atoms with Crippen molar-refractivity contribution in [1.82, 2.24) is 5.32 Å². The molecule has 0 amide bonds. The third-order valence-corrected chi connectivity index (χ3v) is 5.86. The Balaban J connectivity index is 2.73. The van der Waals surface area contributed by atoms with Gasteiger partial charge in [-0.25, -0.2) is 0 Å². The molecule has 3 unspecified atom stereocenters. The van der Waals surface area contributed by atoms with Crippen molar-refractivity contribution in [1.29, 1.82) is 0 Å². The van der Waals surface area contributed by atoms with Crippen LogP contribution in [-0.4, -0.2) is 22.5 Å². The lowest BCUT2D eigenvalue weighted by molar-refractivity contribution is 0.394. The molecule has 1 rings (SSSR count). The summed E-state index contributed by atoms with van der Waals surface area (Å²) in [5, 5.41) is 3.53. The Hall–Kier alpha value is -0.190. The lowest BCUT2D eigenvalue weighted by atomic mass is 10.0. The van der Waals surface area contributed by atoms with Crippen LogP contribution in [-0.2, 0) is 10.8 Å². The standard InChI is InChI=1S/C15H24BrNOS/c1-4-10-17-14(12(3)5-2)11-19(18)15-9-7-6-8-13(15)16/h6-9,12,14,17H,4-5,10-11H2,1-3H3. The summed E-state index contributed by atoms with van der Waals surface area (Å²) >= 11 is 3.48. The average molecular weight is 346 g/mol. The molecule has 1 aromatic carbocycles. The summed E-state index contributed by atoms with van der Waals surface area (Å²) in [4.78, 5) is 0.897. The molecule has 0 saturated carbocycles. The third kappa shape index (κ3) is 5.36. The van der Waals surface area contributed by atoms with Crippen LogP contribution in [0.5, 0.6) is 0 Å². The van der Waals surface area contributed by atoms with E-state index in [1.165, 1.54) is 0 Å². The van der Waals surface area contributed by atoms with Crippen molar-refractivity contribution in [2.75, 3.05) is 12.3 Å². The zero-order chi connectivity index (χ0) is 14.3. The van der Waals surface area contributed by atoms with E-state index in [-0.39, 0.29) is 0 Å². The molecular formula is C15H24BrNOS. The average Bonchev–Trinajstić information content (AvgIpc) is 2.42. The number of benzene rings is 1. The quantitative estimate of drug-likeness (QED) is 0.772. The first kappa shape index (κ1) is 16.9. The molecule has 0 aliphatic rings. The van der Waals surface area contributed by atoms with Gasteiger partial charge in [-0.2, -0.15) is 0 Å². The van der Waals surface area contributed by atoms with E-state index in [4.69, 9.17) is 0 Å². The number of nitrogens with one attached hydrogen (secondary N) is 1. The van der Waals surface area contributed by atoms with Crippen LogP contribution < -0.4 is 5.32 Å². The molecule has 2 nitrogen and oxygen atoms in total. The minimum Gasteiger partial charge on any atom is -0.313 e. The fourth-order valence-electron chi connectivity index (χ4n) is 1.92. The van der Waals surface area contributed by atoms with Gasteiger partial charge in [0, 0.05) is 16.3 Å². The van der Waals surface area contributed by atoms with Crippen LogP contribution in [0.1, 0.15) is 33.6 Å². The molecule has 0 heterocycles. The highest BCUT2D eigenvalue weighted by Crippen LogP contribution is 2.21. The first-order chi connectivity index (χ1) is 9.10. The van der Waals surface area contributed by atoms with E-state index in [9.17, 15) is 4.21 Å². The summed E-state index contributed by atoms with van der Waals surface area (Å²) in [5.41, 5.74) is 0. The fraction of sp³-hybridized carbons (Fsp3) is 0.600. The molecule has 0 saturated heterocycles. The lowest BCUT2D eigenvalue weighted by Gasteiger charge is -2.24. The monoisotopic (exact) mass is 345 g/mol. The first-order valence-corrected chi connectivity index (χ1v) is 9.07. The van der Waals surface area contributed by atoms with Gasteiger partial charge in [-0.1, -0.05) is 39.3 Å². The van der Waals surface area contributed by atoms with E-state index in [0.29, 0.717) is 17.7 Å². The predicted molar refractivity (Wildman–Crippen MR) is 87.0 cm³/mol. The van der Waals surface area contributed by atoms with Crippen molar-refractivity contribution < 1.29 is 4.21 Å². The van der Waals surface area contributed by atoms with E-state index in [2.05, 4.69) is 42.0 Å². The summed E-state index contributed by atoms with van der Waals surface area (Å²) < 4.78 is 13.4. The van der Waals surface area contributed by atoms with E-state index in [0.717, 1.165) is 28.8 Å². The summed E-state index contributed by atoms with van der Waals surface area (Å²) in [6.07, 6.45) is 2.21. The summed E-state index contributed by atoms with van der Waals surface area (Å²) in [6.45, 7) is 7.56. The van der Waals surface area contributed by atoms with Crippen LogP contribution >= 0.6 is 15.9 Å². The van der Waals surface area contributed by atoms with Crippen LogP contribution in [0.15, 0.2) is 33.6 Å². The molecule has 19 heavy (non-hydrogen) atoms. The largest absolute Gasteiger partial charge is 0.313 e. The smallest absolute Gasteiger partial charge is 0.0556 e. The SMILES string of the molecule is CCCNC(CS(=O)c1ccccc1Br)C(C)CC. The molecular weight excluding hydrogens is 322 g/mol. The number of hydrogen-bond donors (Lipinski definition) is 1.